The lowest BCUT2D eigenvalue weighted by Crippen LogP contribution is -2.49. The number of aryl methyl sites for hydroxylation is 1. The second-order valence-corrected chi connectivity index (χ2v) is 11.9. The van der Waals surface area contributed by atoms with Gasteiger partial charge in [-0.2, -0.15) is 5.10 Å². The van der Waals surface area contributed by atoms with Crippen LogP contribution in [0.15, 0.2) is 48.8 Å². The van der Waals surface area contributed by atoms with E-state index < -0.39 is 0 Å². The van der Waals surface area contributed by atoms with Crippen LogP contribution in [0.1, 0.15) is 43.7 Å². The zero-order valence-corrected chi connectivity index (χ0v) is 25.8. The predicted octanol–water partition coefficient (Wildman–Crippen LogP) is 4.40. The normalized spacial score (nSPS) is 19.6. The lowest BCUT2D eigenvalue weighted by molar-refractivity contribution is -0.116. The van der Waals surface area contributed by atoms with Crippen LogP contribution in [0.5, 0.6) is 11.5 Å². The molecule has 2 aromatic heterocycles. The van der Waals surface area contributed by atoms with Crippen LogP contribution in [0.3, 0.4) is 0 Å². The third-order valence-electron chi connectivity index (χ3n) is 9.11. The molecule has 1 saturated heterocycles. The molecule has 2 fully saturated rings. The minimum Gasteiger partial charge on any atom is -0.497 e. The molecule has 4 aromatic rings. The molecule has 3 N–H and O–H groups in total. The monoisotopic (exact) mass is 598 g/mol. The van der Waals surface area contributed by atoms with E-state index in [1.54, 1.807) is 14.2 Å². The molecule has 44 heavy (non-hydrogen) atoms. The van der Waals surface area contributed by atoms with Crippen LogP contribution in [0.25, 0.3) is 22.3 Å². The van der Waals surface area contributed by atoms with Gasteiger partial charge in [0.25, 0.3) is 0 Å². The van der Waals surface area contributed by atoms with Crippen molar-refractivity contribution in [1.82, 2.24) is 29.5 Å². The number of hydrogen-bond acceptors (Lipinski definition) is 9. The van der Waals surface area contributed by atoms with Crippen molar-refractivity contribution in [3.8, 4) is 22.8 Å². The highest BCUT2D eigenvalue weighted by Gasteiger charge is 2.31. The molecule has 0 bridgehead atoms. The Morgan fingerprint density at radius 3 is 2.50 bits per heavy atom. The Labute approximate surface area is 258 Å². The quantitative estimate of drug-likeness (QED) is 0.289. The van der Waals surface area contributed by atoms with Gasteiger partial charge in [-0.05, 0) is 69.0 Å². The summed E-state index contributed by atoms with van der Waals surface area (Å²) in [6.07, 6.45) is 6.82. The van der Waals surface area contributed by atoms with Crippen molar-refractivity contribution in [3.05, 3.63) is 54.4 Å². The van der Waals surface area contributed by atoms with E-state index in [1.165, 1.54) is 6.33 Å². The topological polar surface area (TPSA) is 124 Å². The number of nitrogen functional groups attached to an aromatic ring is 1. The highest BCUT2D eigenvalue weighted by atomic mass is 16.5. The summed E-state index contributed by atoms with van der Waals surface area (Å²) in [4.78, 5) is 26.8. The second-order valence-electron chi connectivity index (χ2n) is 11.9. The molecular formula is C33H42N8O3. The average Bonchev–Trinajstić information content (AvgIpc) is 3.45. The number of nitrogens with zero attached hydrogens (tertiary/aromatic N) is 6. The van der Waals surface area contributed by atoms with Crippen molar-refractivity contribution in [2.45, 2.75) is 50.6 Å². The fourth-order valence-corrected chi connectivity index (χ4v) is 6.55. The Morgan fingerprint density at radius 1 is 0.977 bits per heavy atom. The number of hydrogen-bond donors (Lipinski definition) is 2. The number of aromatic nitrogens is 4. The lowest BCUT2D eigenvalue weighted by atomic mass is 9.90. The number of ether oxygens (including phenoxy) is 2. The van der Waals surface area contributed by atoms with Gasteiger partial charge >= 0.3 is 0 Å². The van der Waals surface area contributed by atoms with Gasteiger partial charge in [0.2, 0.25) is 5.91 Å². The summed E-state index contributed by atoms with van der Waals surface area (Å²) in [5, 5.41) is 8.84. The molecule has 1 amide bonds. The van der Waals surface area contributed by atoms with Gasteiger partial charge in [0, 0.05) is 44.2 Å². The maximum atomic E-state index is 12.8. The molecular weight excluding hydrogens is 556 g/mol. The maximum absolute atomic E-state index is 12.8. The van der Waals surface area contributed by atoms with Gasteiger partial charge in [0.05, 0.1) is 31.3 Å². The second kappa shape index (κ2) is 13.2. The minimum atomic E-state index is -0.0987. The number of methoxy groups -OCH3 is 2. The van der Waals surface area contributed by atoms with E-state index in [9.17, 15) is 4.79 Å². The van der Waals surface area contributed by atoms with Crippen LogP contribution in [0.4, 0.5) is 11.5 Å². The molecule has 6 rings (SSSR count). The number of benzene rings is 2. The molecule has 232 valence electrons. The number of carbonyl (C=O) groups is 1. The molecule has 1 aliphatic carbocycles. The van der Waals surface area contributed by atoms with E-state index >= 15 is 0 Å². The van der Waals surface area contributed by atoms with Gasteiger partial charge < -0.3 is 25.4 Å². The first-order valence-electron chi connectivity index (χ1n) is 15.5. The van der Waals surface area contributed by atoms with Crippen molar-refractivity contribution in [2.24, 2.45) is 0 Å². The van der Waals surface area contributed by atoms with E-state index in [4.69, 9.17) is 20.3 Å². The van der Waals surface area contributed by atoms with Crippen LogP contribution in [0, 0.1) is 0 Å². The molecule has 0 spiro atoms. The molecule has 1 saturated carbocycles. The van der Waals surface area contributed by atoms with Crippen molar-refractivity contribution in [2.75, 3.05) is 58.5 Å². The summed E-state index contributed by atoms with van der Waals surface area (Å²) in [5.74, 6) is 1.62. The van der Waals surface area contributed by atoms with Gasteiger partial charge in [-0.15, -0.1) is 0 Å². The first kappa shape index (κ1) is 29.8. The number of fused-ring (bicyclic) bond motifs is 1. The fraction of sp³-hybridized carbons (Fsp3) is 0.455. The molecule has 3 heterocycles. The smallest absolute Gasteiger partial charge is 0.224 e. The van der Waals surface area contributed by atoms with Crippen LogP contribution < -0.4 is 20.5 Å². The van der Waals surface area contributed by atoms with Gasteiger partial charge in [-0.3, -0.25) is 9.69 Å². The number of rotatable bonds is 9. The number of amides is 1. The maximum Gasteiger partial charge on any atom is 0.224 e. The van der Waals surface area contributed by atoms with Crippen LogP contribution in [0.2, 0.25) is 0 Å². The summed E-state index contributed by atoms with van der Waals surface area (Å²) in [6, 6.07) is 14.3. The number of piperazine rings is 1. The number of nitrogens with two attached hydrogens (primary N) is 1. The van der Waals surface area contributed by atoms with Gasteiger partial charge in [-0.1, -0.05) is 18.2 Å². The van der Waals surface area contributed by atoms with Crippen LogP contribution >= 0.6 is 0 Å². The summed E-state index contributed by atoms with van der Waals surface area (Å²) < 4.78 is 13.1. The van der Waals surface area contributed by atoms with Gasteiger partial charge in [0.15, 0.2) is 5.65 Å². The highest BCUT2D eigenvalue weighted by Crippen LogP contribution is 2.39. The van der Waals surface area contributed by atoms with Crippen LogP contribution in [-0.2, 0) is 11.2 Å². The molecule has 0 unspecified atom stereocenters. The van der Waals surface area contributed by atoms with Crippen molar-refractivity contribution < 1.29 is 14.3 Å². The SMILES string of the molecule is COc1cccc(CCC(=O)Nc2ccc(-c3nn(C4CCC(N5CCN(C)CC5)CC4)c4ncnc(N)c34)cc2OC)c1. The number of nitrogens with one attached hydrogen (secondary N) is 1. The van der Waals surface area contributed by atoms with E-state index in [-0.39, 0.29) is 11.9 Å². The van der Waals surface area contributed by atoms with Crippen molar-refractivity contribution >= 4 is 28.4 Å². The number of carbonyl (C=O) groups excluding carboxylic acids is 1. The molecule has 0 radical (unpaired) electrons. The predicted molar refractivity (Wildman–Crippen MR) is 172 cm³/mol. The van der Waals surface area contributed by atoms with Crippen molar-refractivity contribution in [1.29, 1.82) is 0 Å². The molecule has 11 heteroatoms. The molecule has 0 atom stereocenters. The largest absolute Gasteiger partial charge is 0.497 e. The number of likely N-dealkylation sites (N-methyl/N-ethyl adjacent to an activating group) is 1. The lowest BCUT2D eigenvalue weighted by Gasteiger charge is -2.41. The molecule has 2 aliphatic rings. The third-order valence-corrected chi connectivity index (χ3v) is 9.11. The third kappa shape index (κ3) is 6.34. The van der Waals surface area contributed by atoms with Gasteiger partial charge in [0.1, 0.15) is 29.3 Å². The summed E-state index contributed by atoms with van der Waals surface area (Å²) in [5.41, 5.74) is 10.4. The minimum absolute atomic E-state index is 0.0987. The van der Waals surface area contributed by atoms with E-state index in [1.807, 2.05) is 42.5 Å². The molecule has 1 aliphatic heterocycles. The molecule has 2 aromatic carbocycles. The average molecular weight is 599 g/mol. The van der Waals surface area contributed by atoms with Crippen LogP contribution in [-0.4, -0.2) is 88.9 Å². The van der Waals surface area contributed by atoms with Gasteiger partial charge in [-0.25, -0.2) is 14.6 Å². The highest BCUT2D eigenvalue weighted by molar-refractivity contribution is 5.99. The molecule has 11 nitrogen and oxygen atoms in total. The summed E-state index contributed by atoms with van der Waals surface area (Å²) in [7, 11) is 5.43. The Kier molecular flexibility index (Phi) is 8.94. The first-order valence-corrected chi connectivity index (χ1v) is 15.5. The summed E-state index contributed by atoms with van der Waals surface area (Å²) >= 11 is 0. The van der Waals surface area contributed by atoms with E-state index in [2.05, 4.69) is 36.8 Å². The number of anilines is 2. The standard InChI is InChI=1S/C33H42N8O3/c1-39-15-17-40(18-16-39)24-9-11-25(12-10-24)41-33-30(32(34)35-21-36-33)31(38-41)23-8-13-27(28(20-23)44-3)37-29(42)14-7-22-5-4-6-26(19-22)43-2/h4-6,8,13,19-21,24-25H,7,9-12,14-18H2,1-3H3,(H,37,42)(H2,34,35,36). The van der Waals surface area contributed by atoms with E-state index in [0.717, 1.165) is 79.8 Å². The Balaban J connectivity index is 1.19. The summed E-state index contributed by atoms with van der Waals surface area (Å²) in [6.45, 7) is 4.56. The Bertz CT molecular complexity index is 1610. The van der Waals surface area contributed by atoms with E-state index in [0.29, 0.717) is 41.8 Å². The zero-order valence-electron chi connectivity index (χ0n) is 25.8. The van der Waals surface area contributed by atoms with Crippen molar-refractivity contribution in [3.63, 3.8) is 0 Å². The first-order chi connectivity index (χ1) is 21.4. The fourth-order valence-electron chi connectivity index (χ4n) is 6.55. The zero-order chi connectivity index (χ0) is 30.6. The Morgan fingerprint density at radius 2 is 1.75 bits per heavy atom. The Hall–Kier alpha value is -4.22.